The number of nitrogens with zero attached hydrogens (tertiary/aromatic N) is 2. The monoisotopic (exact) mass is 978 g/mol. The molecule has 0 heterocycles. The van der Waals surface area contributed by atoms with Crippen molar-refractivity contribution in [3.8, 4) is 0 Å². The predicted molar refractivity (Wildman–Crippen MR) is 284 cm³/mol. The van der Waals surface area contributed by atoms with E-state index in [1.54, 1.807) is 42.3 Å². The third-order valence-corrected chi connectivity index (χ3v) is 15.9. The molecular formula is C59H66N2O7S2. The molecule has 0 aliphatic carbocycles. The summed E-state index contributed by atoms with van der Waals surface area (Å²) in [6.07, 6.45) is 0. The van der Waals surface area contributed by atoms with Crippen LogP contribution in [-0.2, 0) is 33.4 Å². The maximum Gasteiger partial charge on any atom is 0.325 e. The Balaban J connectivity index is 1.48. The standard InChI is InChI=1S/C59H66N2O7S2/c1-43(62)52(56(5,6)69-58(44-27-15-9-16-28-44,45-29-17-10-18-30-45)46-31-19-11-20-32-46)60(41-50(63)64)39-40-61(42-51(65)66)53(54(67)68-55(2,3)4)57(7,8)70-59(47-33-21-12-22-34-47,48-35-23-13-24-36-48)49-37-25-14-26-38-49/h9-38,52-53H,39-42H2,1-8H3,(H,63,64)(H,65,66)/t52-,53-/m0/s1. The third kappa shape index (κ3) is 12.5. The zero-order valence-corrected chi connectivity index (χ0v) is 43.1. The average Bonchev–Trinajstić information content (AvgIpc) is 3.32. The predicted octanol–water partition coefficient (Wildman–Crippen LogP) is 11.4. The fraction of sp³-hybridized carbons (Fsp3) is 0.322. The van der Waals surface area contributed by atoms with E-state index in [4.69, 9.17) is 4.74 Å². The molecule has 0 saturated carbocycles. The average molecular weight is 979 g/mol. The fourth-order valence-corrected chi connectivity index (χ4v) is 13.8. The Labute approximate surface area is 422 Å². The van der Waals surface area contributed by atoms with Crippen molar-refractivity contribution in [2.45, 2.75) is 92.1 Å². The second-order valence-corrected chi connectivity index (χ2v) is 23.4. The molecule has 9 nitrogen and oxygen atoms in total. The van der Waals surface area contributed by atoms with Crippen LogP contribution in [0.2, 0.25) is 0 Å². The van der Waals surface area contributed by atoms with Crippen LogP contribution < -0.4 is 0 Å². The molecule has 0 amide bonds. The molecule has 366 valence electrons. The lowest BCUT2D eigenvalue weighted by molar-refractivity contribution is -0.164. The first kappa shape index (κ1) is 53.4. The van der Waals surface area contributed by atoms with Crippen molar-refractivity contribution in [1.82, 2.24) is 9.80 Å². The summed E-state index contributed by atoms with van der Waals surface area (Å²) in [7, 11) is 0. The third-order valence-electron chi connectivity index (χ3n) is 12.3. The highest BCUT2D eigenvalue weighted by atomic mass is 32.2. The molecule has 0 spiro atoms. The molecule has 6 aromatic rings. The van der Waals surface area contributed by atoms with Crippen LogP contribution in [0.4, 0.5) is 0 Å². The number of carboxylic acid groups (broad SMARTS) is 2. The minimum absolute atomic E-state index is 0.0793. The number of carbonyl (C=O) groups is 4. The smallest absolute Gasteiger partial charge is 0.325 e. The van der Waals surface area contributed by atoms with E-state index >= 15 is 4.79 Å². The maximum atomic E-state index is 15.1. The highest BCUT2D eigenvalue weighted by molar-refractivity contribution is 8.02. The van der Waals surface area contributed by atoms with E-state index in [-0.39, 0.29) is 18.9 Å². The van der Waals surface area contributed by atoms with Crippen molar-refractivity contribution in [3.05, 3.63) is 215 Å². The first-order valence-corrected chi connectivity index (χ1v) is 25.2. The molecule has 2 atom stereocenters. The highest BCUT2D eigenvalue weighted by Gasteiger charge is 2.52. The van der Waals surface area contributed by atoms with Gasteiger partial charge in [-0.1, -0.05) is 182 Å². The summed E-state index contributed by atoms with van der Waals surface area (Å²) in [6.45, 7) is 13.3. The van der Waals surface area contributed by atoms with Crippen LogP contribution in [0.25, 0.3) is 0 Å². The summed E-state index contributed by atoms with van der Waals surface area (Å²) in [5.74, 6) is -3.23. The molecule has 0 aliphatic heterocycles. The van der Waals surface area contributed by atoms with Gasteiger partial charge in [0.1, 0.15) is 17.4 Å². The molecule has 70 heavy (non-hydrogen) atoms. The van der Waals surface area contributed by atoms with Gasteiger partial charge in [0.25, 0.3) is 0 Å². The number of hydrogen-bond donors (Lipinski definition) is 2. The number of rotatable bonds is 23. The minimum atomic E-state index is -1.20. The van der Waals surface area contributed by atoms with Gasteiger partial charge in [0.15, 0.2) is 0 Å². The number of thioether (sulfide) groups is 2. The summed E-state index contributed by atoms with van der Waals surface area (Å²) in [6, 6.07) is 58.2. The van der Waals surface area contributed by atoms with Gasteiger partial charge in [-0.15, -0.1) is 23.5 Å². The number of ether oxygens (including phenoxy) is 1. The van der Waals surface area contributed by atoms with Gasteiger partial charge in [-0.25, -0.2) is 0 Å². The molecule has 0 bridgehead atoms. The van der Waals surface area contributed by atoms with Crippen LogP contribution in [0.3, 0.4) is 0 Å². The fourth-order valence-electron chi connectivity index (χ4n) is 9.91. The molecule has 11 heteroatoms. The number of benzene rings is 6. The lowest BCUT2D eigenvalue weighted by Crippen LogP contribution is -2.60. The van der Waals surface area contributed by atoms with Gasteiger partial charge in [-0.05, 0) is 88.8 Å². The van der Waals surface area contributed by atoms with E-state index in [1.165, 1.54) is 18.7 Å². The SMILES string of the molecule is CC(=O)[C@H](N(CCN(CC(=O)O)[C@@H](C(=O)OC(C)(C)C)C(C)(C)SC(c1ccccc1)(c1ccccc1)c1ccccc1)CC(=O)O)C(C)(C)SC(c1ccccc1)(c1ccccc1)c1ccccc1. The summed E-state index contributed by atoms with van der Waals surface area (Å²) in [5.41, 5.74) is 4.83. The Kier molecular flexibility index (Phi) is 17.4. The zero-order chi connectivity index (χ0) is 50.7. The molecule has 0 radical (unpaired) electrons. The Bertz CT molecular complexity index is 2450. The van der Waals surface area contributed by atoms with Crippen LogP contribution in [-0.4, -0.2) is 97.1 Å². The topological polar surface area (TPSA) is 124 Å². The lowest BCUT2D eigenvalue weighted by atomic mass is 9.84. The molecule has 0 saturated heterocycles. The number of hydrogen-bond acceptors (Lipinski definition) is 9. The van der Waals surface area contributed by atoms with E-state index in [1.807, 2.05) is 137 Å². The summed E-state index contributed by atoms with van der Waals surface area (Å²) >= 11 is 3.10. The van der Waals surface area contributed by atoms with E-state index in [0.717, 1.165) is 33.4 Å². The van der Waals surface area contributed by atoms with Crippen molar-refractivity contribution in [1.29, 1.82) is 0 Å². The van der Waals surface area contributed by atoms with E-state index < -0.39 is 67.7 Å². The largest absolute Gasteiger partial charge is 0.480 e. The van der Waals surface area contributed by atoms with E-state index in [0.29, 0.717) is 0 Å². The number of esters is 1. The second-order valence-electron chi connectivity index (χ2n) is 19.6. The summed E-state index contributed by atoms with van der Waals surface area (Å²) < 4.78 is 2.32. The molecular weight excluding hydrogens is 913 g/mol. The number of carbonyl (C=O) groups excluding carboxylic acids is 2. The van der Waals surface area contributed by atoms with Crippen molar-refractivity contribution in [2.24, 2.45) is 0 Å². The number of Topliss-reactive ketones (excluding diaryl/α,β-unsaturated/α-hetero) is 1. The van der Waals surface area contributed by atoms with Crippen LogP contribution in [0.1, 0.15) is 88.8 Å². The van der Waals surface area contributed by atoms with Crippen molar-refractivity contribution >= 4 is 47.2 Å². The van der Waals surface area contributed by atoms with Crippen LogP contribution >= 0.6 is 23.5 Å². The number of ketones is 1. The first-order chi connectivity index (χ1) is 33.2. The van der Waals surface area contributed by atoms with Gasteiger partial charge >= 0.3 is 17.9 Å². The number of carboxylic acids is 2. The van der Waals surface area contributed by atoms with Crippen molar-refractivity contribution in [2.75, 3.05) is 26.2 Å². The van der Waals surface area contributed by atoms with Crippen LogP contribution in [0.5, 0.6) is 0 Å². The zero-order valence-electron chi connectivity index (χ0n) is 41.5. The number of aliphatic carboxylic acids is 2. The Morgan fingerprint density at radius 3 is 0.914 bits per heavy atom. The normalized spacial score (nSPS) is 13.4. The van der Waals surface area contributed by atoms with Crippen LogP contribution in [0, 0.1) is 0 Å². The molecule has 0 aliphatic rings. The molecule has 0 aromatic heterocycles. The van der Waals surface area contributed by atoms with E-state index in [2.05, 4.69) is 72.8 Å². The van der Waals surface area contributed by atoms with Crippen LogP contribution in [0.15, 0.2) is 182 Å². The maximum absolute atomic E-state index is 15.1. The van der Waals surface area contributed by atoms with Gasteiger partial charge in [-0.3, -0.25) is 29.0 Å². The minimum Gasteiger partial charge on any atom is -0.480 e. The van der Waals surface area contributed by atoms with Gasteiger partial charge in [0, 0.05) is 22.6 Å². The molecule has 6 rings (SSSR count). The lowest BCUT2D eigenvalue weighted by Gasteiger charge is -2.48. The second kappa shape index (κ2) is 22.8. The molecule has 0 unspecified atom stereocenters. The molecule has 0 fully saturated rings. The van der Waals surface area contributed by atoms with Gasteiger partial charge in [0.2, 0.25) is 0 Å². The summed E-state index contributed by atoms with van der Waals surface area (Å²) in [5, 5.41) is 21.3. The Hall–Kier alpha value is -5.98. The Morgan fingerprint density at radius 1 is 0.443 bits per heavy atom. The van der Waals surface area contributed by atoms with E-state index in [9.17, 15) is 24.6 Å². The van der Waals surface area contributed by atoms with Crippen molar-refractivity contribution in [3.63, 3.8) is 0 Å². The van der Waals surface area contributed by atoms with Gasteiger partial charge < -0.3 is 14.9 Å². The molecule has 6 aromatic carbocycles. The Morgan fingerprint density at radius 2 is 0.686 bits per heavy atom. The van der Waals surface area contributed by atoms with Crippen molar-refractivity contribution < 1.29 is 34.1 Å². The van der Waals surface area contributed by atoms with Gasteiger partial charge in [0.05, 0.1) is 28.6 Å². The molecule has 2 N–H and O–H groups in total. The highest BCUT2D eigenvalue weighted by Crippen LogP contribution is 2.56. The first-order valence-electron chi connectivity index (χ1n) is 23.6. The van der Waals surface area contributed by atoms with Gasteiger partial charge in [-0.2, -0.15) is 0 Å². The summed E-state index contributed by atoms with van der Waals surface area (Å²) in [4.78, 5) is 58.8. The quantitative estimate of drug-likeness (QED) is 0.0471.